The van der Waals surface area contributed by atoms with Crippen LogP contribution >= 0.6 is 0 Å². The molecule has 0 unspecified atom stereocenters. The fraction of sp³-hybridized carbons (Fsp3) is 0.333. The van der Waals surface area contributed by atoms with Gasteiger partial charge in [-0.15, -0.1) is 0 Å². The molecule has 0 atom stereocenters. The molecule has 2 heterocycles. The Kier molecular flexibility index (Phi) is 4.26. The molecule has 4 rings (SSSR count). The Balaban J connectivity index is 1.57. The lowest BCUT2D eigenvalue weighted by atomic mass is 10.1. The number of likely N-dealkylation sites (tertiary alicyclic amines) is 1. The molecule has 0 aromatic heterocycles. The molecule has 0 spiro atoms. The van der Waals surface area contributed by atoms with Crippen LogP contribution in [0.3, 0.4) is 0 Å². The van der Waals surface area contributed by atoms with Gasteiger partial charge < -0.3 is 9.80 Å². The van der Waals surface area contributed by atoms with E-state index in [1.54, 1.807) is 12.1 Å². The van der Waals surface area contributed by atoms with Gasteiger partial charge in [-0.3, -0.25) is 9.59 Å². The van der Waals surface area contributed by atoms with Gasteiger partial charge in [-0.2, -0.15) is 0 Å². The van der Waals surface area contributed by atoms with E-state index in [9.17, 15) is 9.59 Å². The normalized spacial score (nSPS) is 16.6. The van der Waals surface area contributed by atoms with E-state index in [1.807, 2.05) is 40.1 Å². The minimum atomic E-state index is -0.0294. The number of para-hydroxylation sites is 1. The topological polar surface area (TPSA) is 40.6 Å². The van der Waals surface area contributed by atoms with Crippen molar-refractivity contribution in [3.05, 3.63) is 65.2 Å². The highest BCUT2D eigenvalue weighted by Crippen LogP contribution is 2.29. The fourth-order valence-corrected chi connectivity index (χ4v) is 3.77. The van der Waals surface area contributed by atoms with Crippen LogP contribution in [0.2, 0.25) is 0 Å². The third kappa shape index (κ3) is 3.04. The van der Waals surface area contributed by atoms with Gasteiger partial charge in [-0.1, -0.05) is 24.3 Å². The standard InChI is InChI=1S/C21H22N2O2/c24-20(22-12-4-1-5-13-22)17-8-6-9-18(15-17)21(25)23-14-11-16-7-2-3-10-19(16)23/h2-3,6-10,15H,1,4-5,11-14H2. The predicted octanol–water partition coefficient (Wildman–Crippen LogP) is 3.52. The molecular formula is C21H22N2O2. The molecule has 0 N–H and O–H groups in total. The highest BCUT2D eigenvalue weighted by atomic mass is 16.2. The van der Waals surface area contributed by atoms with E-state index < -0.39 is 0 Å². The number of piperidine rings is 1. The number of anilines is 1. The Hall–Kier alpha value is -2.62. The summed E-state index contributed by atoms with van der Waals surface area (Å²) in [6.07, 6.45) is 4.20. The van der Waals surface area contributed by atoms with Crippen LogP contribution < -0.4 is 4.90 Å². The van der Waals surface area contributed by atoms with Crippen molar-refractivity contribution in [3.63, 3.8) is 0 Å². The van der Waals surface area contributed by atoms with Gasteiger partial charge in [0, 0.05) is 36.4 Å². The van der Waals surface area contributed by atoms with E-state index in [4.69, 9.17) is 0 Å². The molecule has 0 radical (unpaired) electrons. The van der Waals surface area contributed by atoms with Crippen LogP contribution in [0.5, 0.6) is 0 Å². The smallest absolute Gasteiger partial charge is 0.258 e. The summed E-state index contributed by atoms with van der Waals surface area (Å²) in [4.78, 5) is 29.4. The second-order valence-electron chi connectivity index (χ2n) is 6.77. The zero-order valence-electron chi connectivity index (χ0n) is 14.3. The number of hydrogen-bond acceptors (Lipinski definition) is 2. The Morgan fingerprint density at radius 1 is 0.760 bits per heavy atom. The number of rotatable bonds is 2. The third-order valence-electron chi connectivity index (χ3n) is 5.13. The minimum absolute atomic E-state index is 0.0294. The molecule has 0 bridgehead atoms. The largest absolute Gasteiger partial charge is 0.339 e. The monoisotopic (exact) mass is 334 g/mol. The van der Waals surface area contributed by atoms with Crippen molar-refractivity contribution < 1.29 is 9.59 Å². The summed E-state index contributed by atoms with van der Waals surface area (Å²) in [5.41, 5.74) is 3.39. The van der Waals surface area contributed by atoms with Crippen molar-refractivity contribution in [1.82, 2.24) is 4.90 Å². The highest BCUT2D eigenvalue weighted by molar-refractivity contribution is 6.08. The Bertz CT molecular complexity index is 809. The average Bonchev–Trinajstić information content (AvgIpc) is 3.12. The molecule has 25 heavy (non-hydrogen) atoms. The first-order chi connectivity index (χ1) is 12.2. The maximum absolute atomic E-state index is 13.0. The third-order valence-corrected chi connectivity index (χ3v) is 5.13. The van der Waals surface area contributed by atoms with Gasteiger partial charge in [0.25, 0.3) is 11.8 Å². The molecule has 1 saturated heterocycles. The average molecular weight is 334 g/mol. The number of hydrogen-bond donors (Lipinski definition) is 0. The molecule has 2 aromatic carbocycles. The lowest BCUT2D eigenvalue weighted by Crippen LogP contribution is -2.35. The first-order valence-corrected chi connectivity index (χ1v) is 9.03. The van der Waals surface area contributed by atoms with Gasteiger partial charge in [-0.25, -0.2) is 0 Å². The van der Waals surface area contributed by atoms with Gasteiger partial charge in [0.2, 0.25) is 0 Å². The van der Waals surface area contributed by atoms with Crippen LogP contribution in [0.25, 0.3) is 0 Å². The highest BCUT2D eigenvalue weighted by Gasteiger charge is 2.26. The molecule has 2 aliphatic rings. The summed E-state index contributed by atoms with van der Waals surface area (Å²) in [6.45, 7) is 2.33. The molecule has 0 saturated carbocycles. The second-order valence-corrected chi connectivity index (χ2v) is 6.77. The quantitative estimate of drug-likeness (QED) is 0.843. The first kappa shape index (κ1) is 15.9. The predicted molar refractivity (Wildman–Crippen MR) is 98.0 cm³/mol. The van der Waals surface area contributed by atoms with Gasteiger partial charge >= 0.3 is 0 Å². The van der Waals surface area contributed by atoms with Gasteiger partial charge in [0.05, 0.1) is 0 Å². The van der Waals surface area contributed by atoms with Crippen LogP contribution in [0.1, 0.15) is 45.5 Å². The van der Waals surface area contributed by atoms with Crippen molar-refractivity contribution in [1.29, 1.82) is 0 Å². The Morgan fingerprint density at radius 3 is 2.28 bits per heavy atom. The molecule has 1 fully saturated rings. The van der Waals surface area contributed by atoms with Crippen LogP contribution in [0, 0.1) is 0 Å². The lowest BCUT2D eigenvalue weighted by Gasteiger charge is -2.27. The van der Waals surface area contributed by atoms with Crippen molar-refractivity contribution in [3.8, 4) is 0 Å². The number of nitrogens with zero attached hydrogens (tertiary/aromatic N) is 2. The van der Waals surface area contributed by atoms with Crippen molar-refractivity contribution in [2.45, 2.75) is 25.7 Å². The van der Waals surface area contributed by atoms with Crippen LogP contribution in [0.4, 0.5) is 5.69 Å². The van der Waals surface area contributed by atoms with E-state index in [1.165, 1.54) is 12.0 Å². The molecular weight excluding hydrogens is 312 g/mol. The SMILES string of the molecule is O=C(c1cccc(C(=O)N2CCc3ccccc32)c1)N1CCCCC1. The number of amides is 2. The van der Waals surface area contributed by atoms with E-state index in [0.717, 1.165) is 38.0 Å². The zero-order chi connectivity index (χ0) is 17.2. The lowest BCUT2D eigenvalue weighted by molar-refractivity contribution is 0.0724. The van der Waals surface area contributed by atoms with Crippen molar-refractivity contribution in [2.24, 2.45) is 0 Å². The van der Waals surface area contributed by atoms with Gasteiger partial charge in [0.15, 0.2) is 0 Å². The molecule has 2 aliphatic heterocycles. The summed E-state index contributed by atoms with van der Waals surface area (Å²) >= 11 is 0. The maximum atomic E-state index is 13.0. The van der Waals surface area contributed by atoms with Gasteiger partial charge in [0.1, 0.15) is 0 Å². The van der Waals surface area contributed by atoms with Crippen LogP contribution in [0.15, 0.2) is 48.5 Å². The molecule has 4 nitrogen and oxygen atoms in total. The molecule has 128 valence electrons. The van der Waals surface area contributed by atoms with E-state index in [-0.39, 0.29) is 11.8 Å². The molecule has 4 heteroatoms. The second kappa shape index (κ2) is 6.71. The maximum Gasteiger partial charge on any atom is 0.258 e. The number of carbonyl (C=O) groups is 2. The summed E-state index contributed by atoms with van der Waals surface area (Å²) in [5.74, 6) is 0.00872. The van der Waals surface area contributed by atoms with E-state index in [2.05, 4.69) is 6.07 Å². The van der Waals surface area contributed by atoms with Crippen LogP contribution in [-0.4, -0.2) is 36.3 Å². The zero-order valence-corrected chi connectivity index (χ0v) is 14.3. The number of carbonyl (C=O) groups excluding carboxylic acids is 2. The summed E-state index contributed by atoms with van der Waals surface area (Å²) in [5, 5.41) is 0. The van der Waals surface area contributed by atoms with Gasteiger partial charge in [-0.05, 0) is 55.5 Å². The first-order valence-electron chi connectivity index (χ1n) is 9.03. The van der Waals surface area contributed by atoms with E-state index >= 15 is 0 Å². The van der Waals surface area contributed by atoms with Crippen LogP contribution in [-0.2, 0) is 6.42 Å². The molecule has 0 aliphatic carbocycles. The fourth-order valence-electron chi connectivity index (χ4n) is 3.77. The van der Waals surface area contributed by atoms with E-state index in [0.29, 0.717) is 17.7 Å². The number of benzene rings is 2. The van der Waals surface area contributed by atoms with Crippen molar-refractivity contribution >= 4 is 17.5 Å². The Morgan fingerprint density at radius 2 is 1.48 bits per heavy atom. The summed E-state index contributed by atoms with van der Waals surface area (Å²) < 4.78 is 0. The summed E-state index contributed by atoms with van der Waals surface area (Å²) in [6, 6.07) is 15.2. The minimum Gasteiger partial charge on any atom is -0.339 e. The van der Waals surface area contributed by atoms with Crippen molar-refractivity contribution in [2.75, 3.05) is 24.5 Å². The summed E-state index contributed by atoms with van der Waals surface area (Å²) in [7, 11) is 0. The molecule has 2 amide bonds. The molecule has 2 aromatic rings. The Labute approximate surface area is 148 Å². The number of fused-ring (bicyclic) bond motifs is 1.